The van der Waals surface area contributed by atoms with Crippen LogP contribution >= 0.6 is 28.5 Å². The van der Waals surface area contributed by atoms with Crippen LogP contribution in [0.4, 0.5) is 45.6 Å². The maximum Gasteiger partial charge on any atom is 0.416 e. The molecule has 1 aliphatic heterocycles. The molecule has 0 bridgehead atoms. The normalized spacial score (nSPS) is 14.9. The largest absolute Gasteiger partial charge is 0.416 e. The van der Waals surface area contributed by atoms with Gasteiger partial charge in [0, 0.05) is 30.3 Å². The summed E-state index contributed by atoms with van der Waals surface area (Å²) >= 11 is 10.7. The van der Waals surface area contributed by atoms with Crippen LogP contribution < -0.4 is 10.4 Å². The lowest BCUT2D eigenvalue weighted by Gasteiger charge is -2.33. The molecule has 0 saturated heterocycles. The number of aryl methyl sites for hydroxylation is 2. The quantitative estimate of drug-likeness (QED) is 0.138. The molecule has 2 N–H and O–H groups in total. The zero-order chi connectivity index (χ0) is 37.8. The summed E-state index contributed by atoms with van der Waals surface area (Å²) in [7, 11) is 0. The van der Waals surface area contributed by atoms with E-state index in [0.717, 1.165) is 23.3 Å². The van der Waals surface area contributed by atoms with Gasteiger partial charge in [-0.3, -0.25) is 14.6 Å². The van der Waals surface area contributed by atoms with E-state index in [0.29, 0.717) is 41.9 Å². The van der Waals surface area contributed by atoms with Crippen molar-refractivity contribution in [2.75, 3.05) is 5.32 Å². The molecular formula is C33H30Cl2F8N5O2P. The summed E-state index contributed by atoms with van der Waals surface area (Å²) in [5.74, 6) is -6.27. The van der Waals surface area contributed by atoms with Crippen LogP contribution in [0.5, 0.6) is 0 Å². The van der Waals surface area contributed by atoms with Gasteiger partial charge in [-0.1, -0.05) is 38.1 Å². The standard InChI is InChI=1S/C33H30Cl2F8N5O2P/c1-5-17-8-7-9-18(6-2)27(17)48-28(21-13-25(37)26(14-24(21)36)44-30(49)46-51(34,35)50)22-16-47(31(3,4)29(22)45-48)15-19-10-11-20(32(38,39)40)12-23(19)33(41,42)43/h7-14H,5-6,15-16H2,1-4H3,(H2,44,46,49,50). The number of para-hydroxylation sites is 1. The molecule has 0 fully saturated rings. The minimum Gasteiger partial charge on any atom is -0.305 e. The zero-order valence-corrected chi connectivity index (χ0v) is 29.7. The molecule has 0 unspecified atom stereocenters. The predicted molar refractivity (Wildman–Crippen MR) is 178 cm³/mol. The van der Waals surface area contributed by atoms with Crippen LogP contribution in [0.1, 0.15) is 66.8 Å². The van der Waals surface area contributed by atoms with E-state index in [2.05, 4.69) is 0 Å². The maximum atomic E-state index is 16.1. The number of fused-ring (bicyclic) bond motifs is 1. The number of halogens is 10. The second kappa shape index (κ2) is 13.7. The van der Waals surface area contributed by atoms with Crippen molar-refractivity contribution in [2.24, 2.45) is 0 Å². The van der Waals surface area contributed by atoms with E-state index < -0.39 is 70.5 Å². The van der Waals surface area contributed by atoms with Crippen LogP contribution in [0.25, 0.3) is 16.9 Å². The van der Waals surface area contributed by atoms with E-state index in [1.54, 1.807) is 23.8 Å². The molecule has 274 valence electrons. The molecule has 5 rings (SSSR count). The molecular weight excluding hydrogens is 752 g/mol. The summed E-state index contributed by atoms with van der Waals surface area (Å²) in [6.07, 6.45) is -9.06. The molecule has 7 nitrogen and oxygen atoms in total. The summed E-state index contributed by atoms with van der Waals surface area (Å²) < 4.78 is 127. The molecule has 1 aromatic heterocycles. The second-order valence-electron chi connectivity index (χ2n) is 12.3. The topological polar surface area (TPSA) is 79.3 Å². The Labute approximate surface area is 296 Å². The first kappa shape index (κ1) is 38.6. The van der Waals surface area contributed by atoms with Gasteiger partial charge in [-0.25, -0.2) is 18.3 Å². The number of amides is 2. The van der Waals surface area contributed by atoms with Gasteiger partial charge in [-0.05, 0) is 84.1 Å². The van der Waals surface area contributed by atoms with Gasteiger partial charge >= 0.3 is 24.4 Å². The number of nitrogens with zero attached hydrogens (tertiary/aromatic N) is 3. The fraction of sp³-hybridized carbons (Fsp3) is 0.333. The summed E-state index contributed by atoms with van der Waals surface area (Å²) in [5.41, 5.74) is -2.45. The number of carbonyl (C=O) groups excluding carboxylic acids is 1. The van der Waals surface area contributed by atoms with E-state index in [1.807, 2.05) is 37.4 Å². The number of hydrogen-bond acceptors (Lipinski definition) is 4. The lowest BCUT2D eigenvalue weighted by Crippen LogP contribution is -2.36. The zero-order valence-electron chi connectivity index (χ0n) is 27.3. The Kier molecular flexibility index (Phi) is 10.4. The fourth-order valence-corrected chi connectivity index (χ4v) is 7.01. The third-order valence-electron chi connectivity index (χ3n) is 8.77. The van der Waals surface area contributed by atoms with Crippen molar-refractivity contribution >= 4 is 40.2 Å². The van der Waals surface area contributed by atoms with Gasteiger partial charge in [-0.2, -0.15) is 31.4 Å². The van der Waals surface area contributed by atoms with Crippen LogP contribution in [-0.2, 0) is 48.4 Å². The lowest BCUT2D eigenvalue weighted by molar-refractivity contribution is -0.143. The SMILES string of the molecule is CCc1cccc(CC)c1-n1nc2c(c1-c1cc(F)c(NC(=O)NP(=O)(Cl)Cl)cc1F)CN(Cc1ccc(C(F)(F)F)cc1C(F)(F)F)C2(C)C. The molecule has 3 aromatic carbocycles. The van der Waals surface area contributed by atoms with Gasteiger partial charge in [0.2, 0.25) is 0 Å². The predicted octanol–water partition coefficient (Wildman–Crippen LogP) is 10.9. The number of rotatable bonds is 8. The first-order valence-corrected chi connectivity index (χ1v) is 18.9. The third-order valence-corrected chi connectivity index (χ3v) is 9.75. The van der Waals surface area contributed by atoms with Crippen molar-refractivity contribution in [3.05, 3.63) is 99.2 Å². The molecule has 0 aliphatic carbocycles. The Morgan fingerprint density at radius 2 is 1.55 bits per heavy atom. The van der Waals surface area contributed by atoms with E-state index in [4.69, 9.17) is 27.6 Å². The van der Waals surface area contributed by atoms with Crippen LogP contribution in [0.3, 0.4) is 0 Å². The molecule has 2 heterocycles. The minimum atomic E-state index is -5.10. The van der Waals surface area contributed by atoms with Gasteiger partial charge in [-0.15, -0.1) is 0 Å². The highest BCUT2D eigenvalue weighted by Crippen LogP contribution is 2.52. The summed E-state index contributed by atoms with van der Waals surface area (Å²) in [4.78, 5) is 13.7. The van der Waals surface area contributed by atoms with E-state index >= 15 is 8.78 Å². The van der Waals surface area contributed by atoms with Gasteiger partial charge < -0.3 is 5.32 Å². The number of urea groups is 1. The molecule has 18 heteroatoms. The number of nitrogens with one attached hydrogen (secondary N) is 2. The van der Waals surface area contributed by atoms with Crippen molar-refractivity contribution in [2.45, 2.75) is 71.5 Å². The minimum absolute atomic E-state index is 0.0736. The average Bonchev–Trinajstić information content (AvgIpc) is 3.49. The highest BCUT2D eigenvalue weighted by molar-refractivity contribution is 8.07. The Hall–Kier alpha value is -3.65. The van der Waals surface area contributed by atoms with Gasteiger partial charge in [0.15, 0.2) is 0 Å². The van der Waals surface area contributed by atoms with Crippen LogP contribution in [0, 0.1) is 11.6 Å². The van der Waals surface area contributed by atoms with Crippen molar-refractivity contribution in [1.29, 1.82) is 0 Å². The van der Waals surface area contributed by atoms with Crippen molar-refractivity contribution in [3.8, 4) is 16.9 Å². The first-order valence-electron chi connectivity index (χ1n) is 15.4. The number of hydrogen-bond donors (Lipinski definition) is 2. The monoisotopic (exact) mass is 781 g/mol. The Morgan fingerprint density at radius 1 is 0.922 bits per heavy atom. The van der Waals surface area contributed by atoms with Gasteiger partial charge in [0.1, 0.15) is 11.6 Å². The maximum absolute atomic E-state index is 16.1. The van der Waals surface area contributed by atoms with Crippen molar-refractivity contribution in [3.63, 3.8) is 0 Å². The van der Waals surface area contributed by atoms with Gasteiger partial charge in [0.05, 0.1) is 39.4 Å². The highest BCUT2D eigenvalue weighted by atomic mass is 35.9. The van der Waals surface area contributed by atoms with E-state index in [9.17, 15) is 35.7 Å². The molecule has 0 spiro atoms. The molecule has 2 amide bonds. The van der Waals surface area contributed by atoms with Gasteiger partial charge in [0.25, 0.3) is 0 Å². The molecule has 0 saturated carbocycles. The summed E-state index contributed by atoms with van der Waals surface area (Å²) in [5, 5.41) is 8.57. The fourth-order valence-electron chi connectivity index (χ4n) is 6.26. The summed E-state index contributed by atoms with van der Waals surface area (Å²) in [6, 6.07) is 7.21. The second-order valence-corrected chi connectivity index (χ2v) is 16.9. The number of benzene rings is 3. The molecule has 51 heavy (non-hydrogen) atoms. The van der Waals surface area contributed by atoms with Crippen molar-refractivity contribution < 1.29 is 44.5 Å². The Bertz CT molecular complexity index is 2040. The molecule has 0 radical (unpaired) electrons. The number of anilines is 1. The number of aromatic nitrogens is 2. The van der Waals surface area contributed by atoms with E-state index in [-0.39, 0.29) is 23.9 Å². The number of alkyl halides is 6. The number of carbonyl (C=O) groups is 1. The van der Waals surface area contributed by atoms with Crippen molar-refractivity contribution in [1.82, 2.24) is 19.8 Å². The molecule has 1 aliphatic rings. The van der Waals surface area contributed by atoms with E-state index in [1.165, 1.54) is 4.68 Å². The van der Waals surface area contributed by atoms with Crippen LogP contribution in [-0.4, -0.2) is 20.7 Å². The highest BCUT2D eigenvalue weighted by Gasteiger charge is 2.45. The first-order chi connectivity index (χ1) is 23.6. The molecule has 4 aromatic rings. The Morgan fingerprint density at radius 3 is 2.10 bits per heavy atom. The average molecular weight is 782 g/mol. The summed E-state index contributed by atoms with van der Waals surface area (Å²) in [6.45, 7) is 6.53. The van der Waals surface area contributed by atoms with Crippen LogP contribution in [0.2, 0.25) is 0 Å². The Balaban J connectivity index is 1.68. The third kappa shape index (κ3) is 7.77. The molecule has 0 atom stereocenters. The smallest absolute Gasteiger partial charge is 0.305 e. The lowest BCUT2D eigenvalue weighted by atomic mass is 9.97. The van der Waals surface area contributed by atoms with Crippen LogP contribution in [0.15, 0.2) is 48.5 Å².